The number of carbonyl (C=O) groups excluding carboxylic acids is 1. The van der Waals surface area contributed by atoms with E-state index in [1.165, 1.54) is 6.33 Å². The highest BCUT2D eigenvalue weighted by molar-refractivity contribution is 9.10. The normalized spacial score (nSPS) is 10.3. The zero-order chi connectivity index (χ0) is 17.6. The molecule has 2 N–H and O–H groups in total. The summed E-state index contributed by atoms with van der Waals surface area (Å²) >= 11 is 3.50. The third kappa shape index (κ3) is 4.60. The van der Waals surface area contributed by atoms with Crippen LogP contribution in [0.1, 0.15) is 21.6 Å². The number of aromatic nitrogens is 3. The lowest BCUT2D eigenvalue weighted by atomic mass is 10.2. The summed E-state index contributed by atoms with van der Waals surface area (Å²) in [5.41, 5.74) is 3.29. The van der Waals surface area contributed by atoms with Crippen molar-refractivity contribution in [3.8, 4) is 0 Å². The van der Waals surface area contributed by atoms with Crippen molar-refractivity contribution in [3.05, 3.63) is 76.4 Å². The Kier molecular flexibility index (Phi) is 5.35. The Morgan fingerprint density at radius 3 is 2.68 bits per heavy atom. The van der Waals surface area contributed by atoms with E-state index in [1.807, 2.05) is 37.3 Å². The van der Waals surface area contributed by atoms with Crippen molar-refractivity contribution in [2.24, 2.45) is 0 Å². The minimum absolute atomic E-state index is 0.257. The van der Waals surface area contributed by atoms with Crippen LogP contribution in [0.5, 0.6) is 0 Å². The van der Waals surface area contributed by atoms with Gasteiger partial charge >= 0.3 is 0 Å². The van der Waals surface area contributed by atoms with Crippen molar-refractivity contribution >= 4 is 33.3 Å². The number of hydrogen-bond donors (Lipinski definition) is 2. The summed E-state index contributed by atoms with van der Waals surface area (Å²) in [5, 5.41) is 6.00. The maximum Gasteiger partial charge on any atom is 0.270 e. The van der Waals surface area contributed by atoms with Gasteiger partial charge in [0.1, 0.15) is 17.8 Å². The quantitative estimate of drug-likeness (QED) is 0.687. The van der Waals surface area contributed by atoms with E-state index in [2.05, 4.69) is 41.5 Å². The SMILES string of the molecule is Cc1ccc(Nc2cc(C(=O)NCc3ccncc3)ncn2)cc1Br. The summed E-state index contributed by atoms with van der Waals surface area (Å²) in [6.45, 7) is 2.43. The van der Waals surface area contributed by atoms with Gasteiger partial charge in [0.2, 0.25) is 0 Å². The number of pyridine rings is 1. The summed E-state index contributed by atoms with van der Waals surface area (Å²) in [4.78, 5) is 24.4. The maximum atomic E-state index is 12.3. The van der Waals surface area contributed by atoms with Crippen LogP contribution in [-0.2, 0) is 6.54 Å². The summed E-state index contributed by atoms with van der Waals surface area (Å²) in [6, 6.07) is 11.2. The fourth-order valence-electron chi connectivity index (χ4n) is 2.14. The van der Waals surface area contributed by atoms with E-state index in [0.717, 1.165) is 21.3 Å². The molecular formula is C18H16BrN5O. The molecule has 126 valence electrons. The second-order valence-electron chi connectivity index (χ2n) is 5.42. The molecule has 2 heterocycles. The van der Waals surface area contributed by atoms with Crippen LogP contribution in [-0.4, -0.2) is 20.9 Å². The van der Waals surface area contributed by atoms with Gasteiger partial charge in [-0.2, -0.15) is 0 Å². The molecule has 3 rings (SSSR count). The molecule has 2 aromatic heterocycles. The van der Waals surface area contributed by atoms with Crippen LogP contribution in [0.4, 0.5) is 11.5 Å². The lowest BCUT2D eigenvalue weighted by Crippen LogP contribution is -2.24. The molecule has 0 spiro atoms. The summed E-state index contributed by atoms with van der Waals surface area (Å²) in [6.07, 6.45) is 4.74. The number of anilines is 2. The van der Waals surface area contributed by atoms with Gasteiger partial charge in [-0.05, 0) is 42.3 Å². The number of halogens is 1. The molecule has 0 saturated heterocycles. The van der Waals surface area contributed by atoms with Gasteiger partial charge in [0.05, 0.1) is 0 Å². The van der Waals surface area contributed by atoms with Gasteiger partial charge < -0.3 is 10.6 Å². The number of hydrogen-bond acceptors (Lipinski definition) is 5. The molecule has 25 heavy (non-hydrogen) atoms. The van der Waals surface area contributed by atoms with Gasteiger partial charge in [-0.3, -0.25) is 9.78 Å². The fraction of sp³-hybridized carbons (Fsp3) is 0.111. The average molecular weight is 398 g/mol. The third-order valence-corrected chi connectivity index (χ3v) is 4.40. The molecule has 0 bridgehead atoms. The van der Waals surface area contributed by atoms with Gasteiger partial charge in [0, 0.05) is 35.2 Å². The first-order valence-corrected chi connectivity index (χ1v) is 8.43. The average Bonchev–Trinajstić information content (AvgIpc) is 2.64. The molecule has 0 fully saturated rings. The first-order chi connectivity index (χ1) is 12.1. The standard InChI is InChI=1S/C18H16BrN5O/c1-12-2-3-14(8-15(12)19)24-17-9-16(22-11-23-17)18(25)21-10-13-4-6-20-7-5-13/h2-9,11H,10H2,1H3,(H,21,25)(H,22,23,24). The summed E-state index contributed by atoms with van der Waals surface area (Å²) in [5.74, 6) is 0.298. The molecule has 0 aliphatic carbocycles. The van der Waals surface area contributed by atoms with E-state index >= 15 is 0 Å². The summed E-state index contributed by atoms with van der Waals surface area (Å²) in [7, 11) is 0. The summed E-state index contributed by atoms with van der Waals surface area (Å²) < 4.78 is 1.00. The van der Waals surface area contributed by atoms with Crippen molar-refractivity contribution in [1.82, 2.24) is 20.3 Å². The molecule has 0 atom stereocenters. The monoisotopic (exact) mass is 397 g/mol. The number of nitrogens with one attached hydrogen (secondary N) is 2. The molecule has 0 aliphatic heterocycles. The Bertz CT molecular complexity index is 886. The van der Waals surface area contributed by atoms with E-state index in [4.69, 9.17) is 0 Å². The highest BCUT2D eigenvalue weighted by atomic mass is 79.9. The van der Waals surface area contributed by atoms with Gasteiger partial charge in [-0.25, -0.2) is 9.97 Å². The predicted octanol–water partition coefficient (Wildman–Crippen LogP) is 3.62. The fourth-order valence-corrected chi connectivity index (χ4v) is 2.52. The molecule has 3 aromatic rings. The molecule has 0 saturated carbocycles. The van der Waals surface area contributed by atoms with E-state index < -0.39 is 0 Å². The molecular weight excluding hydrogens is 382 g/mol. The molecule has 1 amide bonds. The largest absolute Gasteiger partial charge is 0.347 e. The molecule has 0 unspecified atom stereocenters. The lowest BCUT2D eigenvalue weighted by Gasteiger charge is -2.09. The van der Waals surface area contributed by atoms with Gasteiger partial charge in [0.25, 0.3) is 5.91 Å². The lowest BCUT2D eigenvalue weighted by molar-refractivity contribution is 0.0946. The van der Waals surface area contributed by atoms with E-state index in [0.29, 0.717) is 18.1 Å². The van der Waals surface area contributed by atoms with Gasteiger partial charge in [-0.15, -0.1) is 0 Å². The Labute approximate surface area is 153 Å². The Balaban J connectivity index is 1.68. The highest BCUT2D eigenvalue weighted by Crippen LogP contribution is 2.22. The van der Waals surface area contributed by atoms with Crippen LogP contribution in [0, 0.1) is 6.92 Å². The minimum atomic E-state index is -0.257. The number of nitrogens with zero attached hydrogens (tertiary/aromatic N) is 3. The van der Waals surface area contributed by atoms with Crippen LogP contribution >= 0.6 is 15.9 Å². The van der Waals surface area contributed by atoms with Gasteiger partial charge in [0.15, 0.2) is 0 Å². The number of aryl methyl sites for hydroxylation is 1. The third-order valence-electron chi connectivity index (χ3n) is 3.55. The van der Waals surface area contributed by atoms with Crippen LogP contribution in [0.2, 0.25) is 0 Å². The minimum Gasteiger partial charge on any atom is -0.347 e. The number of rotatable bonds is 5. The first kappa shape index (κ1) is 17.0. The van der Waals surface area contributed by atoms with Crippen molar-refractivity contribution in [2.45, 2.75) is 13.5 Å². The van der Waals surface area contributed by atoms with Crippen molar-refractivity contribution in [3.63, 3.8) is 0 Å². The van der Waals surface area contributed by atoms with E-state index in [-0.39, 0.29) is 5.91 Å². The second kappa shape index (κ2) is 7.85. The second-order valence-corrected chi connectivity index (χ2v) is 6.27. The Morgan fingerprint density at radius 2 is 1.92 bits per heavy atom. The van der Waals surface area contributed by atoms with E-state index in [1.54, 1.807) is 18.5 Å². The molecule has 0 aliphatic rings. The van der Waals surface area contributed by atoms with Crippen LogP contribution in [0.25, 0.3) is 0 Å². The molecule has 6 nitrogen and oxygen atoms in total. The maximum absolute atomic E-state index is 12.3. The number of carbonyl (C=O) groups is 1. The number of benzene rings is 1. The van der Waals surface area contributed by atoms with Gasteiger partial charge in [-0.1, -0.05) is 22.0 Å². The Morgan fingerprint density at radius 1 is 1.12 bits per heavy atom. The van der Waals surface area contributed by atoms with E-state index in [9.17, 15) is 4.79 Å². The molecule has 0 radical (unpaired) electrons. The molecule has 1 aromatic carbocycles. The van der Waals surface area contributed by atoms with Crippen LogP contribution in [0.15, 0.2) is 59.6 Å². The van der Waals surface area contributed by atoms with Crippen molar-refractivity contribution < 1.29 is 4.79 Å². The van der Waals surface area contributed by atoms with Crippen LogP contribution < -0.4 is 10.6 Å². The van der Waals surface area contributed by atoms with Crippen molar-refractivity contribution in [2.75, 3.05) is 5.32 Å². The zero-order valence-corrected chi connectivity index (χ0v) is 15.1. The first-order valence-electron chi connectivity index (χ1n) is 7.64. The predicted molar refractivity (Wildman–Crippen MR) is 99.6 cm³/mol. The Hall–Kier alpha value is -2.80. The van der Waals surface area contributed by atoms with Crippen molar-refractivity contribution in [1.29, 1.82) is 0 Å². The smallest absolute Gasteiger partial charge is 0.270 e. The number of amides is 1. The zero-order valence-electron chi connectivity index (χ0n) is 13.5. The highest BCUT2D eigenvalue weighted by Gasteiger charge is 2.09. The van der Waals surface area contributed by atoms with Crippen LogP contribution in [0.3, 0.4) is 0 Å². The molecule has 7 heteroatoms. The topological polar surface area (TPSA) is 79.8 Å².